The molecule has 0 saturated carbocycles. The Morgan fingerprint density at radius 2 is 2.20 bits per heavy atom. The molecule has 0 unspecified atom stereocenters. The van der Waals surface area contributed by atoms with Crippen LogP contribution in [0.2, 0.25) is 0 Å². The standard InChI is InChI=1S/C14H17N3O3/c15-12-4-1-2-5-13(12)20-10-14(18)19-9-3-7-17-8-6-16-11-17/h1-2,4-6,8,11H,3,7,9-10,15H2. The van der Waals surface area contributed by atoms with Gasteiger partial charge in [-0.1, -0.05) is 12.1 Å². The zero-order valence-corrected chi connectivity index (χ0v) is 11.1. The number of rotatable bonds is 7. The highest BCUT2D eigenvalue weighted by molar-refractivity contribution is 5.71. The van der Waals surface area contributed by atoms with E-state index in [1.165, 1.54) is 0 Å². The van der Waals surface area contributed by atoms with E-state index in [9.17, 15) is 4.79 Å². The van der Waals surface area contributed by atoms with Crippen LogP contribution in [0, 0.1) is 0 Å². The van der Waals surface area contributed by atoms with Crippen LogP contribution in [-0.2, 0) is 16.1 Å². The molecule has 2 aromatic rings. The van der Waals surface area contributed by atoms with Crippen LogP contribution in [-0.4, -0.2) is 28.7 Å². The van der Waals surface area contributed by atoms with Gasteiger partial charge in [0.05, 0.1) is 18.6 Å². The van der Waals surface area contributed by atoms with Crippen LogP contribution in [0.4, 0.5) is 5.69 Å². The highest BCUT2D eigenvalue weighted by Gasteiger charge is 2.05. The Morgan fingerprint density at radius 1 is 1.35 bits per heavy atom. The number of carbonyl (C=O) groups is 1. The summed E-state index contributed by atoms with van der Waals surface area (Å²) in [6.45, 7) is 0.976. The van der Waals surface area contributed by atoms with Crippen LogP contribution in [0.5, 0.6) is 5.75 Å². The van der Waals surface area contributed by atoms with Crippen LogP contribution >= 0.6 is 0 Å². The topological polar surface area (TPSA) is 79.4 Å². The maximum atomic E-state index is 11.5. The third-order valence-electron chi connectivity index (χ3n) is 2.65. The number of anilines is 1. The van der Waals surface area contributed by atoms with Crippen molar-refractivity contribution in [1.82, 2.24) is 9.55 Å². The Kier molecular flexibility index (Phi) is 5.00. The number of aryl methyl sites for hydroxylation is 1. The van der Waals surface area contributed by atoms with Crippen LogP contribution in [0.15, 0.2) is 43.0 Å². The van der Waals surface area contributed by atoms with Gasteiger partial charge in [-0.05, 0) is 18.6 Å². The number of para-hydroxylation sites is 2. The average molecular weight is 275 g/mol. The number of carbonyl (C=O) groups excluding carboxylic acids is 1. The third kappa shape index (κ3) is 4.31. The van der Waals surface area contributed by atoms with E-state index in [4.69, 9.17) is 15.2 Å². The second-order valence-electron chi connectivity index (χ2n) is 4.20. The number of benzene rings is 1. The minimum absolute atomic E-state index is 0.140. The number of nitrogen functional groups attached to an aromatic ring is 1. The highest BCUT2D eigenvalue weighted by Crippen LogP contribution is 2.19. The number of ether oxygens (including phenoxy) is 2. The van der Waals surface area contributed by atoms with Gasteiger partial charge < -0.3 is 19.8 Å². The molecule has 0 atom stereocenters. The summed E-state index contributed by atoms with van der Waals surface area (Å²) in [5.74, 6) is 0.0850. The molecule has 2 rings (SSSR count). The van der Waals surface area contributed by atoms with Crippen LogP contribution in [0.1, 0.15) is 6.42 Å². The zero-order valence-electron chi connectivity index (χ0n) is 11.1. The number of nitrogens with two attached hydrogens (primary N) is 1. The van der Waals surface area contributed by atoms with Gasteiger partial charge in [0.25, 0.3) is 0 Å². The molecule has 0 fully saturated rings. The summed E-state index contributed by atoms with van der Waals surface area (Å²) in [7, 11) is 0. The van der Waals surface area contributed by atoms with Gasteiger partial charge in [0.2, 0.25) is 0 Å². The van der Waals surface area contributed by atoms with Crippen molar-refractivity contribution < 1.29 is 14.3 Å². The van der Waals surface area contributed by atoms with Crippen molar-refractivity contribution in [2.24, 2.45) is 0 Å². The Labute approximate surface area is 117 Å². The highest BCUT2D eigenvalue weighted by atomic mass is 16.6. The van der Waals surface area contributed by atoms with Gasteiger partial charge in [0, 0.05) is 18.9 Å². The fraction of sp³-hybridized carbons (Fsp3) is 0.286. The van der Waals surface area contributed by atoms with Gasteiger partial charge >= 0.3 is 5.97 Å². The molecule has 1 aromatic carbocycles. The summed E-state index contributed by atoms with van der Waals surface area (Å²) in [6, 6.07) is 7.02. The molecule has 6 heteroatoms. The van der Waals surface area contributed by atoms with Gasteiger partial charge in [0.1, 0.15) is 5.75 Å². The van der Waals surface area contributed by atoms with E-state index < -0.39 is 5.97 Å². The molecule has 2 N–H and O–H groups in total. The SMILES string of the molecule is Nc1ccccc1OCC(=O)OCCCn1ccnc1. The third-order valence-corrected chi connectivity index (χ3v) is 2.65. The minimum Gasteiger partial charge on any atom is -0.480 e. The lowest BCUT2D eigenvalue weighted by Gasteiger charge is -2.08. The van der Waals surface area contributed by atoms with Gasteiger partial charge in [0.15, 0.2) is 6.61 Å². The summed E-state index contributed by atoms with van der Waals surface area (Å²) >= 11 is 0. The Morgan fingerprint density at radius 3 is 2.95 bits per heavy atom. The fourth-order valence-electron chi connectivity index (χ4n) is 1.64. The lowest BCUT2D eigenvalue weighted by Crippen LogP contribution is -2.16. The lowest BCUT2D eigenvalue weighted by atomic mass is 10.3. The predicted molar refractivity (Wildman–Crippen MR) is 74.2 cm³/mol. The Balaban J connectivity index is 1.62. The second-order valence-corrected chi connectivity index (χ2v) is 4.20. The summed E-state index contributed by atoms with van der Waals surface area (Å²) < 4.78 is 12.3. The smallest absolute Gasteiger partial charge is 0.344 e. The Bertz CT molecular complexity index is 540. The van der Waals surface area contributed by atoms with E-state index in [2.05, 4.69) is 4.98 Å². The first-order valence-electron chi connectivity index (χ1n) is 6.34. The largest absolute Gasteiger partial charge is 0.480 e. The second kappa shape index (κ2) is 7.18. The van der Waals surface area contributed by atoms with Crippen molar-refractivity contribution in [3.8, 4) is 5.75 Å². The zero-order chi connectivity index (χ0) is 14.2. The molecule has 0 aliphatic heterocycles. The molecule has 0 radical (unpaired) electrons. The molecule has 106 valence electrons. The van der Waals surface area contributed by atoms with Crippen molar-refractivity contribution in [3.05, 3.63) is 43.0 Å². The van der Waals surface area contributed by atoms with Crippen molar-refractivity contribution in [1.29, 1.82) is 0 Å². The molecule has 6 nitrogen and oxygen atoms in total. The van der Waals surface area contributed by atoms with Crippen LogP contribution in [0.3, 0.4) is 0 Å². The summed E-state index contributed by atoms with van der Waals surface area (Å²) in [5, 5.41) is 0. The van der Waals surface area contributed by atoms with Crippen molar-refractivity contribution in [2.75, 3.05) is 18.9 Å². The van der Waals surface area contributed by atoms with E-state index in [-0.39, 0.29) is 6.61 Å². The van der Waals surface area contributed by atoms with Crippen molar-refractivity contribution in [2.45, 2.75) is 13.0 Å². The molecule has 1 heterocycles. The van der Waals surface area contributed by atoms with E-state index in [0.717, 1.165) is 13.0 Å². The van der Waals surface area contributed by atoms with Crippen molar-refractivity contribution in [3.63, 3.8) is 0 Å². The molecule has 0 bridgehead atoms. The first-order valence-corrected chi connectivity index (χ1v) is 6.34. The number of esters is 1. The molecule has 0 spiro atoms. The molecular weight excluding hydrogens is 258 g/mol. The minimum atomic E-state index is -0.404. The van der Waals surface area contributed by atoms with Crippen LogP contribution in [0.25, 0.3) is 0 Å². The van der Waals surface area contributed by atoms with Gasteiger partial charge in [-0.3, -0.25) is 0 Å². The fourth-order valence-corrected chi connectivity index (χ4v) is 1.64. The summed E-state index contributed by atoms with van der Waals surface area (Å²) in [6.07, 6.45) is 6.03. The molecule has 1 aromatic heterocycles. The Hall–Kier alpha value is -2.50. The number of imidazole rings is 1. The number of hydrogen-bond acceptors (Lipinski definition) is 5. The molecule has 0 saturated heterocycles. The molecule has 0 aliphatic carbocycles. The normalized spacial score (nSPS) is 10.2. The summed E-state index contributed by atoms with van der Waals surface area (Å²) in [4.78, 5) is 15.4. The van der Waals surface area contributed by atoms with Crippen LogP contribution < -0.4 is 10.5 Å². The van der Waals surface area contributed by atoms with Gasteiger partial charge in [-0.25, -0.2) is 9.78 Å². The van der Waals surface area contributed by atoms with E-state index in [0.29, 0.717) is 18.0 Å². The summed E-state index contributed by atoms with van der Waals surface area (Å²) in [5.41, 5.74) is 6.20. The van der Waals surface area contributed by atoms with Crippen molar-refractivity contribution >= 4 is 11.7 Å². The number of nitrogens with zero attached hydrogens (tertiary/aromatic N) is 2. The predicted octanol–water partition coefficient (Wildman–Crippen LogP) is 1.48. The van der Waals surface area contributed by atoms with E-state index in [1.54, 1.807) is 36.8 Å². The molecule has 0 amide bonds. The molecule has 0 aliphatic rings. The van der Waals surface area contributed by atoms with Gasteiger partial charge in [-0.2, -0.15) is 0 Å². The first-order chi connectivity index (χ1) is 9.75. The van der Waals surface area contributed by atoms with Gasteiger partial charge in [-0.15, -0.1) is 0 Å². The quantitative estimate of drug-likeness (QED) is 0.470. The van der Waals surface area contributed by atoms with E-state index >= 15 is 0 Å². The lowest BCUT2D eigenvalue weighted by molar-refractivity contribution is -0.146. The van der Waals surface area contributed by atoms with E-state index in [1.807, 2.05) is 10.8 Å². The number of hydrogen-bond donors (Lipinski definition) is 1. The average Bonchev–Trinajstić information content (AvgIpc) is 2.96. The monoisotopic (exact) mass is 275 g/mol. The maximum Gasteiger partial charge on any atom is 0.344 e. The number of aromatic nitrogens is 2. The first kappa shape index (κ1) is 13.9. The molecular formula is C14H17N3O3. The maximum absolute atomic E-state index is 11.5. The molecule has 20 heavy (non-hydrogen) atoms.